The molecule has 2 aliphatic rings. The summed E-state index contributed by atoms with van der Waals surface area (Å²) in [5.41, 5.74) is 0. The van der Waals surface area contributed by atoms with Crippen molar-refractivity contribution < 1.29 is 0 Å². The molecular weight excluding hydrogens is 413 g/mol. The number of halogens is 1. The van der Waals surface area contributed by atoms with E-state index in [4.69, 9.17) is 0 Å². The van der Waals surface area contributed by atoms with Gasteiger partial charge >= 0.3 is 0 Å². The predicted molar refractivity (Wildman–Crippen MR) is 115 cm³/mol. The Labute approximate surface area is 166 Å². The Morgan fingerprint density at radius 1 is 1.17 bits per heavy atom. The molecule has 0 spiro atoms. The van der Waals surface area contributed by atoms with Crippen molar-refractivity contribution in [3.05, 3.63) is 0 Å². The van der Waals surface area contributed by atoms with Crippen molar-refractivity contribution in [1.29, 1.82) is 0 Å². The SMILES string of the molecule is CCN1CCCC1CN(C)C(=NC)NCCN(C)C1CCCC1.I. The molecule has 1 heterocycles. The van der Waals surface area contributed by atoms with Crippen molar-refractivity contribution in [1.82, 2.24) is 20.0 Å². The molecule has 0 aromatic rings. The summed E-state index contributed by atoms with van der Waals surface area (Å²) in [6.07, 6.45) is 8.22. The highest BCUT2D eigenvalue weighted by atomic mass is 127. The van der Waals surface area contributed by atoms with Gasteiger partial charge in [-0.05, 0) is 45.8 Å². The number of likely N-dealkylation sites (tertiary alicyclic amines) is 1. The van der Waals surface area contributed by atoms with Crippen LogP contribution in [0.2, 0.25) is 0 Å². The molecule has 1 N–H and O–H groups in total. The standard InChI is InChI=1S/C18H37N5.HI/c1-5-23-13-8-11-17(23)15-22(4)18(19-2)20-12-14-21(3)16-9-6-7-10-16;/h16-17H,5-15H2,1-4H3,(H,19,20);1H. The van der Waals surface area contributed by atoms with Gasteiger partial charge in [-0.15, -0.1) is 24.0 Å². The van der Waals surface area contributed by atoms with Crippen LogP contribution in [0.15, 0.2) is 4.99 Å². The highest BCUT2D eigenvalue weighted by Crippen LogP contribution is 2.21. The maximum absolute atomic E-state index is 4.47. The number of guanidine groups is 1. The molecule has 1 aliphatic heterocycles. The maximum atomic E-state index is 4.47. The molecule has 1 aliphatic carbocycles. The minimum absolute atomic E-state index is 0. The molecule has 0 bridgehead atoms. The number of nitrogens with one attached hydrogen (secondary N) is 1. The first-order valence-corrected chi connectivity index (χ1v) is 9.51. The summed E-state index contributed by atoms with van der Waals surface area (Å²) in [6, 6.07) is 1.48. The lowest BCUT2D eigenvalue weighted by molar-refractivity contribution is 0.230. The number of rotatable bonds is 7. The topological polar surface area (TPSA) is 34.1 Å². The van der Waals surface area contributed by atoms with Gasteiger partial charge < -0.3 is 15.1 Å². The molecule has 2 fully saturated rings. The van der Waals surface area contributed by atoms with E-state index < -0.39 is 0 Å². The lowest BCUT2D eigenvalue weighted by Gasteiger charge is -2.30. The second-order valence-electron chi connectivity index (χ2n) is 7.20. The smallest absolute Gasteiger partial charge is 0.193 e. The Balaban J connectivity index is 0.00000288. The first-order chi connectivity index (χ1) is 11.2. The van der Waals surface area contributed by atoms with E-state index in [0.29, 0.717) is 6.04 Å². The normalized spacial score (nSPS) is 22.9. The van der Waals surface area contributed by atoms with Gasteiger partial charge in [0, 0.05) is 45.8 Å². The molecule has 0 amide bonds. The molecule has 1 atom stereocenters. The molecule has 142 valence electrons. The monoisotopic (exact) mass is 451 g/mol. The van der Waals surface area contributed by atoms with Crippen LogP contribution >= 0.6 is 24.0 Å². The Morgan fingerprint density at radius 2 is 1.88 bits per heavy atom. The molecule has 0 aromatic carbocycles. The Bertz CT molecular complexity index is 370. The van der Waals surface area contributed by atoms with Crippen LogP contribution in [0.1, 0.15) is 45.4 Å². The molecule has 0 radical (unpaired) electrons. The van der Waals surface area contributed by atoms with Crippen molar-refractivity contribution in [3.63, 3.8) is 0 Å². The third-order valence-electron chi connectivity index (χ3n) is 5.66. The fraction of sp³-hybridized carbons (Fsp3) is 0.944. The Kier molecular flexibility index (Phi) is 10.5. The maximum Gasteiger partial charge on any atom is 0.193 e. The van der Waals surface area contributed by atoms with E-state index in [-0.39, 0.29) is 24.0 Å². The highest BCUT2D eigenvalue weighted by Gasteiger charge is 2.25. The number of hydrogen-bond acceptors (Lipinski definition) is 3. The number of nitrogens with zero attached hydrogens (tertiary/aromatic N) is 4. The van der Waals surface area contributed by atoms with Crippen LogP contribution in [-0.4, -0.2) is 86.6 Å². The van der Waals surface area contributed by atoms with Gasteiger partial charge in [-0.1, -0.05) is 19.8 Å². The summed E-state index contributed by atoms with van der Waals surface area (Å²) in [5, 5.41) is 3.55. The van der Waals surface area contributed by atoms with Crippen LogP contribution in [0, 0.1) is 0 Å². The van der Waals surface area contributed by atoms with Gasteiger partial charge in [0.25, 0.3) is 0 Å². The summed E-state index contributed by atoms with van der Waals surface area (Å²) in [5.74, 6) is 1.03. The predicted octanol–water partition coefficient (Wildman–Crippen LogP) is 2.47. The molecule has 2 rings (SSSR count). The van der Waals surface area contributed by atoms with Crippen LogP contribution in [0.25, 0.3) is 0 Å². The van der Waals surface area contributed by atoms with Crippen molar-refractivity contribution in [2.45, 2.75) is 57.5 Å². The van der Waals surface area contributed by atoms with Gasteiger partial charge in [-0.25, -0.2) is 0 Å². The van der Waals surface area contributed by atoms with Crippen LogP contribution in [0.5, 0.6) is 0 Å². The first kappa shape index (κ1) is 22.0. The first-order valence-electron chi connectivity index (χ1n) is 9.51. The van der Waals surface area contributed by atoms with Gasteiger partial charge in [0.1, 0.15) is 0 Å². The molecule has 6 heteroatoms. The fourth-order valence-electron chi connectivity index (χ4n) is 4.18. The molecule has 5 nitrogen and oxygen atoms in total. The minimum atomic E-state index is 0. The van der Waals surface area contributed by atoms with E-state index in [1.807, 2.05) is 7.05 Å². The lowest BCUT2D eigenvalue weighted by Crippen LogP contribution is -2.47. The fourth-order valence-corrected chi connectivity index (χ4v) is 4.18. The van der Waals surface area contributed by atoms with E-state index in [9.17, 15) is 0 Å². The summed E-state index contributed by atoms with van der Waals surface area (Å²) < 4.78 is 0. The van der Waals surface area contributed by atoms with E-state index in [1.54, 1.807) is 0 Å². The van der Waals surface area contributed by atoms with Gasteiger partial charge in [0.15, 0.2) is 5.96 Å². The summed E-state index contributed by atoms with van der Waals surface area (Å²) in [4.78, 5) is 11.9. The summed E-state index contributed by atoms with van der Waals surface area (Å²) in [7, 11) is 6.33. The molecule has 0 aromatic heterocycles. The van der Waals surface area contributed by atoms with Crippen molar-refractivity contribution in [3.8, 4) is 0 Å². The zero-order chi connectivity index (χ0) is 16.7. The molecule has 1 saturated heterocycles. The van der Waals surface area contributed by atoms with Crippen LogP contribution in [0.3, 0.4) is 0 Å². The molecular formula is C18H38IN5. The quantitative estimate of drug-likeness (QED) is 0.367. The van der Waals surface area contributed by atoms with Crippen molar-refractivity contribution in [2.75, 3.05) is 53.9 Å². The largest absolute Gasteiger partial charge is 0.355 e. The molecule has 1 unspecified atom stereocenters. The lowest BCUT2D eigenvalue weighted by atomic mass is 10.2. The van der Waals surface area contributed by atoms with E-state index in [1.165, 1.54) is 45.1 Å². The zero-order valence-corrected chi connectivity index (χ0v) is 18.5. The average molecular weight is 451 g/mol. The summed E-state index contributed by atoms with van der Waals surface area (Å²) in [6.45, 7) is 7.84. The van der Waals surface area contributed by atoms with Crippen molar-refractivity contribution >= 4 is 29.9 Å². The third-order valence-corrected chi connectivity index (χ3v) is 5.66. The van der Waals surface area contributed by atoms with Gasteiger partial charge in [0.2, 0.25) is 0 Å². The van der Waals surface area contributed by atoms with Crippen LogP contribution in [-0.2, 0) is 0 Å². The van der Waals surface area contributed by atoms with Gasteiger partial charge in [0.05, 0.1) is 0 Å². The third kappa shape index (κ3) is 6.33. The van der Waals surface area contributed by atoms with Crippen LogP contribution < -0.4 is 5.32 Å². The minimum Gasteiger partial charge on any atom is -0.355 e. The second-order valence-corrected chi connectivity index (χ2v) is 7.20. The molecule has 1 saturated carbocycles. The van der Waals surface area contributed by atoms with E-state index in [2.05, 4.69) is 46.0 Å². The summed E-state index contributed by atoms with van der Waals surface area (Å²) >= 11 is 0. The second kappa shape index (κ2) is 11.5. The van der Waals surface area contributed by atoms with Crippen molar-refractivity contribution in [2.24, 2.45) is 4.99 Å². The average Bonchev–Trinajstić information content (AvgIpc) is 3.22. The van der Waals surface area contributed by atoms with Crippen LogP contribution in [0.4, 0.5) is 0 Å². The highest BCUT2D eigenvalue weighted by molar-refractivity contribution is 14.0. The molecule has 24 heavy (non-hydrogen) atoms. The Hall–Kier alpha value is -0.0800. The van der Waals surface area contributed by atoms with Gasteiger partial charge in [-0.2, -0.15) is 0 Å². The van der Waals surface area contributed by atoms with Gasteiger partial charge in [-0.3, -0.25) is 9.89 Å². The number of aliphatic imine (C=N–C) groups is 1. The van der Waals surface area contributed by atoms with E-state index >= 15 is 0 Å². The van der Waals surface area contributed by atoms with E-state index in [0.717, 1.165) is 38.2 Å². The number of likely N-dealkylation sites (N-methyl/N-ethyl adjacent to an activating group) is 3. The zero-order valence-electron chi connectivity index (χ0n) is 16.1. The Morgan fingerprint density at radius 3 is 2.50 bits per heavy atom. The number of hydrogen-bond donors (Lipinski definition) is 1.